The zero-order chi connectivity index (χ0) is 15.1. The molecule has 0 bridgehead atoms. The second-order valence-electron chi connectivity index (χ2n) is 5.65. The molecular weight excluding hydrogens is 274 g/mol. The van der Waals surface area contributed by atoms with Crippen molar-refractivity contribution in [1.29, 1.82) is 10.8 Å². The average molecular weight is 291 g/mol. The molecule has 1 aromatic carbocycles. The summed E-state index contributed by atoms with van der Waals surface area (Å²) in [4.78, 5) is 0.120. The van der Waals surface area contributed by atoms with Crippen LogP contribution in [0, 0.1) is 10.8 Å². The standard InChI is InChI=1S/C14H17N3O2S/c1-14(2,3)10-4-6-11(7-5-10)20(18,19)17-9-8-12(15)13(17)16/h4-9,15-16H,1-3H3. The summed E-state index contributed by atoms with van der Waals surface area (Å²) in [7, 11) is -3.80. The summed E-state index contributed by atoms with van der Waals surface area (Å²) in [6.07, 6.45) is 2.53. The van der Waals surface area contributed by atoms with Crippen LogP contribution in [0.25, 0.3) is 0 Å². The Kier molecular flexibility index (Phi) is 3.29. The Balaban J connectivity index is 2.39. The molecule has 1 aromatic rings. The molecule has 6 heteroatoms. The van der Waals surface area contributed by atoms with Crippen molar-refractivity contribution in [1.82, 2.24) is 4.31 Å². The Bertz CT molecular complexity index is 695. The molecule has 2 rings (SSSR count). The summed E-state index contributed by atoms with van der Waals surface area (Å²) in [5.74, 6) is -0.329. The van der Waals surface area contributed by atoms with E-state index in [1.54, 1.807) is 24.3 Å². The first-order chi connectivity index (χ1) is 9.14. The minimum absolute atomic E-state index is 0.0509. The van der Waals surface area contributed by atoms with Crippen LogP contribution in [-0.4, -0.2) is 24.3 Å². The number of sulfonamides is 1. The van der Waals surface area contributed by atoms with Crippen LogP contribution in [0.4, 0.5) is 0 Å². The first-order valence-corrected chi connectivity index (χ1v) is 7.59. The van der Waals surface area contributed by atoms with Crippen molar-refractivity contribution in [2.45, 2.75) is 31.1 Å². The molecule has 106 valence electrons. The van der Waals surface area contributed by atoms with E-state index in [1.807, 2.05) is 0 Å². The van der Waals surface area contributed by atoms with Crippen molar-refractivity contribution >= 4 is 21.6 Å². The lowest BCUT2D eigenvalue weighted by molar-refractivity contribution is 0.563. The molecule has 0 unspecified atom stereocenters. The highest BCUT2D eigenvalue weighted by Gasteiger charge is 2.30. The highest BCUT2D eigenvalue weighted by atomic mass is 32.2. The van der Waals surface area contributed by atoms with Crippen molar-refractivity contribution in [3.8, 4) is 0 Å². The molecule has 5 nitrogen and oxygen atoms in total. The minimum atomic E-state index is -3.80. The van der Waals surface area contributed by atoms with Gasteiger partial charge in [0.1, 0.15) is 0 Å². The number of amidine groups is 1. The number of hydrogen-bond acceptors (Lipinski definition) is 4. The van der Waals surface area contributed by atoms with Gasteiger partial charge < -0.3 is 0 Å². The normalized spacial score (nSPS) is 16.1. The maximum Gasteiger partial charge on any atom is 0.269 e. The summed E-state index contributed by atoms with van der Waals surface area (Å²) >= 11 is 0. The minimum Gasteiger partial charge on any atom is -0.297 e. The molecule has 1 heterocycles. The molecule has 0 atom stereocenters. The zero-order valence-electron chi connectivity index (χ0n) is 11.6. The molecule has 0 aliphatic carbocycles. The van der Waals surface area contributed by atoms with E-state index in [0.29, 0.717) is 0 Å². The Morgan fingerprint density at radius 1 is 1.05 bits per heavy atom. The second-order valence-corrected chi connectivity index (χ2v) is 7.47. The fourth-order valence-corrected chi connectivity index (χ4v) is 3.12. The summed E-state index contributed by atoms with van der Waals surface area (Å²) < 4.78 is 25.6. The first kappa shape index (κ1) is 14.5. The lowest BCUT2D eigenvalue weighted by Gasteiger charge is -2.20. The van der Waals surface area contributed by atoms with E-state index in [1.165, 1.54) is 12.3 Å². The van der Waals surface area contributed by atoms with Crippen molar-refractivity contribution < 1.29 is 8.42 Å². The number of benzene rings is 1. The molecule has 0 saturated carbocycles. The number of rotatable bonds is 2. The molecule has 0 spiro atoms. The van der Waals surface area contributed by atoms with Crippen molar-refractivity contribution in [3.63, 3.8) is 0 Å². The molecule has 2 N–H and O–H groups in total. The number of nitrogens with zero attached hydrogens (tertiary/aromatic N) is 1. The van der Waals surface area contributed by atoms with Gasteiger partial charge in [0, 0.05) is 6.20 Å². The van der Waals surface area contributed by atoms with Gasteiger partial charge in [0.25, 0.3) is 10.0 Å². The van der Waals surface area contributed by atoms with Crippen LogP contribution in [0.3, 0.4) is 0 Å². The van der Waals surface area contributed by atoms with E-state index >= 15 is 0 Å². The van der Waals surface area contributed by atoms with E-state index in [9.17, 15) is 8.42 Å². The number of hydrogen-bond donors (Lipinski definition) is 2. The third-order valence-corrected chi connectivity index (χ3v) is 4.82. The van der Waals surface area contributed by atoms with Gasteiger partial charge in [-0.1, -0.05) is 32.9 Å². The fraction of sp³-hybridized carbons (Fsp3) is 0.286. The maximum atomic E-state index is 12.4. The summed E-state index contributed by atoms with van der Waals surface area (Å²) in [5, 5.41) is 15.0. The highest BCUT2D eigenvalue weighted by Crippen LogP contribution is 2.25. The van der Waals surface area contributed by atoms with Crippen LogP contribution in [0.5, 0.6) is 0 Å². The van der Waals surface area contributed by atoms with Crippen molar-refractivity contribution in [2.24, 2.45) is 0 Å². The van der Waals surface area contributed by atoms with Crippen LogP contribution < -0.4 is 0 Å². The molecule has 1 aliphatic rings. The SMILES string of the molecule is CC(C)(C)c1ccc(S(=O)(=O)N2C=CC(=N)C2=N)cc1. The van der Waals surface area contributed by atoms with E-state index in [4.69, 9.17) is 10.8 Å². The topological polar surface area (TPSA) is 85.1 Å². The van der Waals surface area contributed by atoms with Crippen LogP contribution in [0.2, 0.25) is 0 Å². The predicted molar refractivity (Wildman–Crippen MR) is 78.8 cm³/mol. The summed E-state index contributed by atoms with van der Waals surface area (Å²) in [6, 6.07) is 6.64. The largest absolute Gasteiger partial charge is 0.297 e. The fourth-order valence-electron chi connectivity index (χ4n) is 1.86. The van der Waals surface area contributed by atoms with E-state index < -0.39 is 10.0 Å². The van der Waals surface area contributed by atoms with Gasteiger partial charge in [-0.15, -0.1) is 0 Å². The van der Waals surface area contributed by atoms with E-state index in [-0.39, 0.29) is 21.9 Å². The third-order valence-electron chi connectivity index (χ3n) is 3.13. The van der Waals surface area contributed by atoms with Gasteiger partial charge in [0.2, 0.25) is 0 Å². The Labute approximate surface area is 119 Å². The molecule has 1 aliphatic heterocycles. The van der Waals surface area contributed by atoms with E-state index in [2.05, 4.69) is 20.8 Å². The van der Waals surface area contributed by atoms with Gasteiger partial charge in [-0.25, -0.2) is 12.7 Å². The predicted octanol–water partition coefficient (Wildman–Crippen LogP) is 2.50. The number of nitrogens with one attached hydrogen (secondary N) is 2. The lowest BCUT2D eigenvalue weighted by Crippen LogP contribution is -2.31. The summed E-state index contributed by atoms with van der Waals surface area (Å²) in [5.41, 5.74) is 0.876. The molecule has 0 saturated heterocycles. The van der Waals surface area contributed by atoms with Gasteiger partial charge in [-0.2, -0.15) is 0 Å². The molecule has 20 heavy (non-hydrogen) atoms. The van der Waals surface area contributed by atoms with Crippen LogP contribution in [-0.2, 0) is 15.4 Å². The summed E-state index contributed by atoms with van der Waals surface area (Å²) in [6.45, 7) is 6.16. The van der Waals surface area contributed by atoms with Gasteiger partial charge in [0.15, 0.2) is 5.84 Å². The van der Waals surface area contributed by atoms with Gasteiger partial charge in [-0.3, -0.25) is 10.8 Å². The quantitative estimate of drug-likeness (QED) is 0.877. The molecule has 0 fully saturated rings. The zero-order valence-corrected chi connectivity index (χ0v) is 12.5. The Morgan fingerprint density at radius 2 is 1.60 bits per heavy atom. The average Bonchev–Trinajstić information content (AvgIpc) is 2.69. The highest BCUT2D eigenvalue weighted by molar-refractivity contribution is 7.90. The van der Waals surface area contributed by atoms with Crippen molar-refractivity contribution in [3.05, 3.63) is 42.1 Å². The Morgan fingerprint density at radius 3 is 2.00 bits per heavy atom. The Hall–Kier alpha value is -1.95. The van der Waals surface area contributed by atoms with Crippen LogP contribution in [0.15, 0.2) is 41.4 Å². The van der Waals surface area contributed by atoms with Gasteiger partial charge in [-0.05, 0) is 29.2 Å². The molecule has 0 aromatic heterocycles. The molecule has 0 radical (unpaired) electrons. The third kappa shape index (κ3) is 2.38. The maximum absolute atomic E-state index is 12.4. The smallest absolute Gasteiger partial charge is 0.269 e. The molecule has 0 amide bonds. The van der Waals surface area contributed by atoms with Crippen molar-refractivity contribution in [2.75, 3.05) is 0 Å². The van der Waals surface area contributed by atoms with Gasteiger partial charge in [0.05, 0.1) is 10.6 Å². The van der Waals surface area contributed by atoms with Crippen LogP contribution in [0.1, 0.15) is 26.3 Å². The second kappa shape index (κ2) is 4.56. The van der Waals surface area contributed by atoms with E-state index in [0.717, 1.165) is 9.87 Å². The molecular formula is C14H17N3O2S. The lowest BCUT2D eigenvalue weighted by atomic mass is 9.87. The monoisotopic (exact) mass is 291 g/mol. The first-order valence-electron chi connectivity index (χ1n) is 6.15. The van der Waals surface area contributed by atoms with Gasteiger partial charge >= 0.3 is 0 Å². The van der Waals surface area contributed by atoms with Crippen LogP contribution >= 0.6 is 0 Å².